The van der Waals surface area contributed by atoms with Gasteiger partial charge in [-0.15, -0.1) is 0 Å². The highest BCUT2D eigenvalue weighted by molar-refractivity contribution is 5.96. The molecule has 0 atom stereocenters. The number of nitrogens with zero attached hydrogens (tertiary/aromatic N) is 1. The van der Waals surface area contributed by atoms with Gasteiger partial charge >= 0.3 is 0 Å². The van der Waals surface area contributed by atoms with E-state index in [4.69, 9.17) is 0 Å². The van der Waals surface area contributed by atoms with Crippen molar-refractivity contribution in [3.05, 3.63) is 41.2 Å². The quantitative estimate of drug-likeness (QED) is 0.793. The molecule has 0 spiro atoms. The molecule has 0 N–H and O–H groups in total. The van der Waals surface area contributed by atoms with Crippen LogP contribution in [0.25, 0.3) is 0 Å². The summed E-state index contributed by atoms with van der Waals surface area (Å²) in [6.07, 6.45) is 9.81. The standard InChI is InChI=1S/C15H19NO/c1-2-12-8-9-14(16-11-12)10-15(17)13-6-4-3-5-7-13/h6,8-9,11H,2-5,7,10H2,1H3. The molecule has 2 rings (SSSR count). The lowest BCUT2D eigenvalue weighted by molar-refractivity contribution is -0.115. The summed E-state index contributed by atoms with van der Waals surface area (Å²) >= 11 is 0. The van der Waals surface area contributed by atoms with Crippen molar-refractivity contribution in [2.45, 2.75) is 45.4 Å². The van der Waals surface area contributed by atoms with E-state index in [1.54, 1.807) is 0 Å². The zero-order chi connectivity index (χ0) is 12.1. The minimum absolute atomic E-state index is 0.251. The summed E-state index contributed by atoms with van der Waals surface area (Å²) in [4.78, 5) is 16.3. The van der Waals surface area contributed by atoms with Crippen LogP contribution in [0, 0.1) is 0 Å². The van der Waals surface area contributed by atoms with Crippen molar-refractivity contribution in [3.63, 3.8) is 0 Å². The van der Waals surface area contributed by atoms with Gasteiger partial charge in [0.05, 0.1) is 6.42 Å². The van der Waals surface area contributed by atoms with Crippen molar-refractivity contribution in [2.24, 2.45) is 0 Å². The van der Waals surface area contributed by atoms with Gasteiger partial charge in [0.2, 0.25) is 0 Å². The Morgan fingerprint density at radius 2 is 2.24 bits per heavy atom. The Kier molecular flexibility index (Phi) is 4.08. The highest BCUT2D eigenvalue weighted by atomic mass is 16.1. The molecule has 1 aromatic heterocycles. The van der Waals surface area contributed by atoms with E-state index in [1.807, 2.05) is 12.3 Å². The summed E-state index contributed by atoms with van der Waals surface area (Å²) in [6, 6.07) is 4.03. The molecule has 0 saturated carbocycles. The SMILES string of the molecule is CCc1ccc(CC(=O)C2=CCCCC2)nc1. The first-order valence-corrected chi connectivity index (χ1v) is 6.45. The number of Topliss-reactive ketones (excluding diaryl/α,β-unsaturated/α-hetero) is 1. The van der Waals surface area contributed by atoms with E-state index in [2.05, 4.69) is 24.1 Å². The molecule has 1 aliphatic carbocycles. The lowest BCUT2D eigenvalue weighted by atomic mass is 9.94. The molecule has 0 saturated heterocycles. The summed E-state index contributed by atoms with van der Waals surface area (Å²) in [5.74, 6) is 0.251. The maximum atomic E-state index is 12.0. The zero-order valence-corrected chi connectivity index (χ0v) is 10.4. The molecule has 90 valence electrons. The summed E-state index contributed by atoms with van der Waals surface area (Å²) in [7, 11) is 0. The number of hydrogen-bond donors (Lipinski definition) is 0. The maximum Gasteiger partial charge on any atom is 0.164 e. The molecule has 0 amide bonds. The van der Waals surface area contributed by atoms with Gasteiger partial charge in [-0.05, 0) is 49.3 Å². The fraction of sp³-hybridized carbons (Fsp3) is 0.467. The lowest BCUT2D eigenvalue weighted by Crippen LogP contribution is -2.10. The van der Waals surface area contributed by atoms with Crippen LogP contribution in [-0.2, 0) is 17.6 Å². The largest absolute Gasteiger partial charge is 0.294 e. The number of pyridine rings is 1. The maximum absolute atomic E-state index is 12.0. The molecule has 1 aromatic rings. The van der Waals surface area contributed by atoms with E-state index in [0.717, 1.165) is 37.0 Å². The van der Waals surface area contributed by atoms with Crippen LogP contribution in [-0.4, -0.2) is 10.8 Å². The average molecular weight is 229 g/mol. The molecule has 0 aromatic carbocycles. The minimum atomic E-state index is 0.251. The molecule has 1 aliphatic rings. The van der Waals surface area contributed by atoms with Gasteiger partial charge in [0, 0.05) is 11.9 Å². The summed E-state index contributed by atoms with van der Waals surface area (Å²) < 4.78 is 0. The lowest BCUT2D eigenvalue weighted by Gasteiger charge is -2.11. The van der Waals surface area contributed by atoms with Crippen molar-refractivity contribution < 1.29 is 4.79 Å². The molecule has 1 heterocycles. The fourth-order valence-electron chi connectivity index (χ4n) is 2.14. The monoisotopic (exact) mass is 229 g/mol. The number of carbonyl (C=O) groups excluding carboxylic acids is 1. The molecule has 0 fully saturated rings. The smallest absolute Gasteiger partial charge is 0.164 e. The number of ketones is 1. The molecule has 0 aliphatic heterocycles. The van der Waals surface area contributed by atoms with E-state index < -0.39 is 0 Å². The van der Waals surface area contributed by atoms with Crippen LogP contribution in [0.3, 0.4) is 0 Å². The first kappa shape index (κ1) is 12.0. The Bertz CT molecular complexity index is 417. The molecule has 0 unspecified atom stereocenters. The predicted molar refractivity (Wildman–Crippen MR) is 68.9 cm³/mol. The third kappa shape index (κ3) is 3.26. The van der Waals surface area contributed by atoms with Crippen molar-refractivity contribution in [1.29, 1.82) is 0 Å². The van der Waals surface area contributed by atoms with Crippen LogP contribution in [0.4, 0.5) is 0 Å². The second-order valence-electron chi connectivity index (χ2n) is 4.59. The molecular weight excluding hydrogens is 210 g/mol. The van der Waals surface area contributed by atoms with Gasteiger partial charge in [-0.25, -0.2) is 0 Å². The zero-order valence-electron chi connectivity index (χ0n) is 10.4. The summed E-state index contributed by atoms with van der Waals surface area (Å²) in [5.41, 5.74) is 3.12. The highest BCUT2D eigenvalue weighted by Gasteiger charge is 2.13. The summed E-state index contributed by atoms with van der Waals surface area (Å²) in [6.45, 7) is 2.11. The molecule has 17 heavy (non-hydrogen) atoms. The third-order valence-electron chi connectivity index (χ3n) is 3.29. The number of carbonyl (C=O) groups is 1. The Labute approximate surface area is 103 Å². The highest BCUT2D eigenvalue weighted by Crippen LogP contribution is 2.19. The second-order valence-corrected chi connectivity index (χ2v) is 4.59. The first-order chi connectivity index (χ1) is 8.29. The van der Waals surface area contributed by atoms with Crippen molar-refractivity contribution in [2.75, 3.05) is 0 Å². The Balaban J connectivity index is 1.99. The van der Waals surface area contributed by atoms with E-state index >= 15 is 0 Å². The van der Waals surface area contributed by atoms with Crippen molar-refractivity contribution >= 4 is 5.78 Å². The topological polar surface area (TPSA) is 30.0 Å². The van der Waals surface area contributed by atoms with Crippen LogP contribution in [0.1, 0.15) is 43.9 Å². The second kappa shape index (κ2) is 5.76. The van der Waals surface area contributed by atoms with Gasteiger partial charge in [0.15, 0.2) is 5.78 Å². The molecule has 0 bridgehead atoms. The number of aryl methyl sites for hydroxylation is 1. The number of hydrogen-bond acceptors (Lipinski definition) is 2. The van der Waals surface area contributed by atoms with Gasteiger partial charge in [-0.2, -0.15) is 0 Å². The number of allylic oxidation sites excluding steroid dienone is 2. The third-order valence-corrected chi connectivity index (χ3v) is 3.29. The Morgan fingerprint density at radius 1 is 1.35 bits per heavy atom. The normalized spacial score (nSPS) is 15.5. The Morgan fingerprint density at radius 3 is 2.82 bits per heavy atom. The molecule has 2 nitrogen and oxygen atoms in total. The molecule has 0 radical (unpaired) electrons. The summed E-state index contributed by atoms with van der Waals surface area (Å²) in [5, 5.41) is 0. The molecule has 2 heteroatoms. The van der Waals surface area contributed by atoms with Crippen LogP contribution >= 0.6 is 0 Å². The van der Waals surface area contributed by atoms with Crippen LogP contribution < -0.4 is 0 Å². The van der Waals surface area contributed by atoms with Crippen LogP contribution in [0.15, 0.2) is 30.0 Å². The number of aromatic nitrogens is 1. The van der Waals surface area contributed by atoms with Crippen LogP contribution in [0.5, 0.6) is 0 Å². The Hall–Kier alpha value is -1.44. The van der Waals surface area contributed by atoms with Gasteiger partial charge in [-0.1, -0.05) is 19.1 Å². The van der Waals surface area contributed by atoms with Gasteiger partial charge < -0.3 is 0 Å². The van der Waals surface area contributed by atoms with E-state index in [9.17, 15) is 4.79 Å². The van der Waals surface area contributed by atoms with Gasteiger partial charge in [0.1, 0.15) is 0 Å². The first-order valence-electron chi connectivity index (χ1n) is 6.45. The van der Waals surface area contributed by atoms with E-state index in [1.165, 1.54) is 12.0 Å². The fourth-order valence-corrected chi connectivity index (χ4v) is 2.14. The van der Waals surface area contributed by atoms with Crippen LogP contribution in [0.2, 0.25) is 0 Å². The predicted octanol–water partition coefficient (Wildman–Crippen LogP) is 3.26. The van der Waals surface area contributed by atoms with Crippen molar-refractivity contribution in [1.82, 2.24) is 4.98 Å². The minimum Gasteiger partial charge on any atom is -0.294 e. The van der Waals surface area contributed by atoms with Gasteiger partial charge in [-0.3, -0.25) is 9.78 Å². The van der Waals surface area contributed by atoms with Crippen molar-refractivity contribution in [3.8, 4) is 0 Å². The van der Waals surface area contributed by atoms with E-state index in [0.29, 0.717) is 6.42 Å². The average Bonchev–Trinajstić information content (AvgIpc) is 2.40. The number of rotatable bonds is 4. The molecular formula is C15H19NO. The van der Waals surface area contributed by atoms with E-state index in [-0.39, 0.29) is 5.78 Å². The van der Waals surface area contributed by atoms with Gasteiger partial charge in [0.25, 0.3) is 0 Å².